The van der Waals surface area contributed by atoms with E-state index in [0.717, 1.165) is 5.92 Å². The summed E-state index contributed by atoms with van der Waals surface area (Å²) in [5.41, 5.74) is 2.08. The van der Waals surface area contributed by atoms with Crippen LogP contribution in [0.5, 0.6) is 0 Å². The predicted molar refractivity (Wildman–Crippen MR) is 66.3 cm³/mol. The van der Waals surface area contributed by atoms with Crippen molar-refractivity contribution in [3.8, 4) is 0 Å². The molecule has 3 atom stereocenters. The molecule has 0 aromatic carbocycles. The van der Waals surface area contributed by atoms with E-state index in [1.807, 2.05) is 0 Å². The molecule has 0 N–H and O–H groups in total. The molecule has 3 aliphatic rings. The van der Waals surface area contributed by atoms with E-state index in [2.05, 4.69) is 33.8 Å². The predicted octanol–water partition coefficient (Wildman–Crippen LogP) is 4.08. The second kappa shape index (κ2) is 2.93. The van der Waals surface area contributed by atoms with Crippen LogP contribution in [0.15, 0.2) is 11.6 Å². The van der Waals surface area contributed by atoms with Gasteiger partial charge in [0.2, 0.25) is 0 Å². The van der Waals surface area contributed by atoms with Gasteiger partial charge in [-0.05, 0) is 64.4 Å². The first kappa shape index (κ1) is 10.8. The van der Waals surface area contributed by atoms with Gasteiger partial charge in [-0.25, -0.2) is 0 Å². The molecule has 1 heterocycles. The van der Waals surface area contributed by atoms with Crippen molar-refractivity contribution in [2.45, 2.75) is 71.0 Å². The maximum atomic E-state index is 6.61. The Bertz CT molecular complexity index is 354. The van der Waals surface area contributed by atoms with Crippen LogP contribution in [-0.2, 0) is 4.74 Å². The first-order chi connectivity index (χ1) is 7.40. The Morgan fingerprint density at radius 2 is 2.00 bits per heavy atom. The summed E-state index contributed by atoms with van der Waals surface area (Å²) < 4.78 is 6.61. The smallest absolute Gasteiger partial charge is 0.0953 e. The van der Waals surface area contributed by atoms with E-state index in [1.165, 1.54) is 37.7 Å². The van der Waals surface area contributed by atoms with Crippen molar-refractivity contribution in [2.24, 2.45) is 11.3 Å². The van der Waals surface area contributed by atoms with Gasteiger partial charge in [-0.2, -0.15) is 0 Å². The lowest BCUT2D eigenvalue weighted by Crippen LogP contribution is -2.51. The quantitative estimate of drug-likeness (QED) is 0.559. The highest BCUT2D eigenvalue weighted by Gasteiger charge is 2.63. The van der Waals surface area contributed by atoms with Crippen LogP contribution in [-0.4, -0.2) is 11.2 Å². The minimum Gasteiger partial charge on any atom is -0.364 e. The van der Waals surface area contributed by atoms with Crippen LogP contribution in [0.1, 0.15) is 59.8 Å². The van der Waals surface area contributed by atoms with Crippen LogP contribution in [0.4, 0.5) is 0 Å². The lowest BCUT2D eigenvalue weighted by molar-refractivity contribution is -0.130. The largest absolute Gasteiger partial charge is 0.364 e. The van der Waals surface area contributed by atoms with Gasteiger partial charge in [0.25, 0.3) is 0 Å². The van der Waals surface area contributed by atoms with E-state index in [4.69, 9.17) is 4.74 Å². The highest BCUT2D eigenvalue weighted by Crippen LogP contribution is 2.64. The lowest BCUT2D eigenvalue weighted by atomic mass is 9.56. The zero-order valence-corrected chi connectivity index (χ0v) is 11.1. The summed E-state index contributed by atoms with van der Waals surface area (Å²) >= 11 is 0. The minimum absolute atomic E-state index is 0.0810. The topological polar surface area (TPSA) is 9.23 Å². The molecule has 0 radical (unpaired) electrons. The van der Waals surface area contributed by atoms with E-state index in [1.54, 1.807) is 0 Å². The molecule has 3 rings (SSSR count). The second-order valence-corrected chi connectivity index (χ2v) is 6.96. The van der Waals surface area contributed by atoms with Gasteiger partial charge >= 0.3 is 0 Å². The maximum absolute atomic E-state index is 6.61. The Morgan fingerprint density at radius 3 is 2.75 bits per heavy atom. The van der Waals surface area contributed by atoms with Crippen LogP contribution in [0.25, 0.3) is 0 Å². The molecule has 1 unspecified atom stereocenters. The second-order valence-electron chi connectivity index (χ2n) is 6.96. The molecule has 2 aliphatic carbocycles. The van der Waals surface area contributed by atoms with Gasteiger partial charge in [0.05, 0.1) is 11.2 Å². The molecule has 90 valence electrons. The Labute approximate surface area is 99.3 Å². The maximum Gasteiger partial charge on any atom is 0.0953 e. The van der Waals surface area contributed by atoms with E-state index >= 15 is 0 Å². The third-order valence-electron chi connectivity index (χ3n) is 5.76. The Kier molecular flexibility index (Phi) is 1.98. The molecular weight excluding hydrogens is 196 g/mol. The van der Waals surface area contributed by atoms with E-state index in [-0.39, 0.29) is 11.2 Å². The molecule has 0 amide bonds. The van der Waals surface area contributed by atoms with Crippen LogP contribution in [0, 0.1) is 11.3 Å². The van der Waals surface area contributed by atoms with Gasteiger partial charge in [-0.1, -0.05) is 13.0 Å². The molecule has 1 saturated carbocycles. The van der Waals surface area contributed by atoms with Gasteiger partial charge in [0, 0.05) is 5.41 Å². The Hall–Kier alpha value is -0.300. The summed E-state index contributed by atoms with van der Waals surface area (Å²) in [5, 5.41) is 0. The number of allylic oxidation sites excluding steroid dienone is 1. The minimum atomic E-state index is 0.0810. The molecule has 2 fully saturated rings. The number of ether oxygens (including phenoxy) is 1. The molecule has 2 bridgehead atoms. The van der Waals surface area contributed by atoms with Crippen LogP contribution in [0.2, 0.25) is 0 Å². The van der Waals surface area contributed by atoms with E-state index < -0.39 is 0 Å². The van der Waals surface area contributed by atoms with Gasteiger partial charge in [0.15, 0.2) is 0 Å². The molecule has 1 heteroatoms. The first-order valence-corrected chi connectivity index (χ1v) is 6.77. The van der Waals surface area contributed by atoms with Gasteiger partial charge < -0.3 is 4.74 Å². The average molecular weight is 220 g/mol. The Morgan fingerprint density at radius 1 is 1.25 bits per heavy atom. The zero-order chi connectivity index (χ0) is 11.6. The summed E-state index contributed by atoms with van der Waals surface area (Å²) in [4.78, 5) is 0. The lowest BCUT2D eigenvalue weighted by Gasteiger charge is -2.51. The van der Waals surface area contributed by atoms with Crippen LogP contribution in [0.3, 0.4) is 0 Å². The first-order valence-electron chi connectivity index (χ1n) is 6.77. The highest BCUT2D eigenvalue weighted by atomic mass is 16.5. The number of rotatable bonds is 0. The fraction of sp³-hybridized carbons (Fsp3) is 0.867. The zero-order valence-electron chi connectivity index (χ0n) is 11.1. The summed E-state index contributed by atoms with van der Waals surface area (Å²) in [5.74, 6) is 0.766. The number of hydrogen-bond acceptors (Lipinski definition) is 1. The molecule has 1 spiro atoms. The molecule has 16 heavy (non-hydrogen) atoms. The van der Waals surface area contributed by atoms with Crippen molar-refractivity contribution in [1.29, 1.82) is 0 Å². The molecule has 1 aliphatic heterocycles. The average Bonchev–Trinajstić information content (AvgIpc) is 2.42. The molecular formula is C15H24O. The normalized spacial score (nSPS) is 49.8. The SMILES string of the molecule is CC1=CCC[C@@]2(C)CCC3C[C@]12OC3(C)C. The Balaban J connectivity index is 2.11. The van der Waals surface area contributed by atoms with Gasteiger partial charge in [-0.15, -0.1) is 0 Å². The van der Waals surface area contributed by atoms with Crippen LogP contribution >= 0.6 is 0 Å². The molecule has 0 aromatic heterocycles. The van der Waals surface area contributed by atoms with Crippen LogP contribution < -0.4 is 0 Å². The monoisotopic (exact) mass is 220 g/mol. The van der Waals surface area contributed by atoms with E-state index in [9.17, 15) is 0 Å². The van der Waals surface area contributed by atoms with Crippen molar-refractivity contribution >= 4 is 0 Å². The summed E-state index contributed by atoms with van der Waals surface area (Å²) in [7, 11) is 0. The van der Waals surface area contributed by atoms with E-state index in [0.29, 0.717) is 5.41 Å². The molecule has 1 saturated heterocycles. The summed E-state index contributed by atoms with van der Waals surface area (Å²) in [6, 6.07) is 0. The number of fused-ring (bicyclic) bond motifs is 1. The molecule has 0 aromatic rings. The third kappa shape index (κ3) is 1.11. The third-order valence-corrected chi connectivity index (χ3v) is 5.76. The van der Waals surface area contributed by atoms with Gasteiger partial charge in [-0.3, -0.25) is 0 Å². The highest BCUT2D eigenvalue weighted by molar-refractivity contribution is 5.29. The fourth-order valence-corrected chi connectivity index (χ4v) is 4.50. The fourth-order valence-electron chi connectivity index (χ4n) is 4.50. The summed E-state index contributed by atoms with van der Waals surface area (Å²) in [6.45, 7) is 9.34. The summed E-state index contributed by atoms with van der Waals surface area (Å²) in [6.07, 6.45) is 8.96. The van der Waals surface area contributed by atoms with Crippen molar-refractivity contribution in [1.82, 2.24) is 0 Å². The van der Waals surface area contributed by atoms with Crippen molar-refractivity contribution in [3.05, 3.63) is 11.6 Å². The molecule has 1 nitrogen and oxygen atoms in total. The van der Waals surface area contributed by atoms with Crippen molar-refractivity contribution < 1.29 is 4.74 Å². The van der Waals surface area contributed by atoms with Gasteiger partial charge in [0.1, 0.15) is 0 Å². The van der Waals surface area contributed by atoms with Crippen molar-refractivity contribution in [2.75, 3.05) is 0 Å². The standard InChI is InChI=1S/C15H24O/c1-11-6-5-8-14(4)9-7-12-10-15(11,14)16-13(12,2)3/h6,12H,5,7-10H2,1-4H3/t12?,14-,15-/m0/s1. The van der Waals surface area contributed by atoms with Crippen molar-refractivity contribution in [3.63, 3.8) is 0 Å². The number of hydrogen-bond donors (Lipinski definition) is 0.